The highest BCUT2D eigenvalue weighted by Crippen LogP contribution is 2.21. The van der Waals surface area contributed by atoms with Crippen molar-refractivity contribution in [1.82, 2.24) is 4.90 Å². The van der Waals surface area contributed by atoms with Gasteiger partial charge in [0.05, 0.1) is 11.0 Å². The fourth-order valence-electron chi connectivity index (χ4n) is 2.15. The molecule has 1 aromatic carbocycles. The molecule has 1 aliphatic rings. The minimum absolute atomic E-state index is 0.0628. The molecule has 2 rings (SSSR count). The zero-order chi connectivity index (χ0) is 18.0. The Morgan fingerprint density at radius 2 is 1.96 bits per heavy atom. The number of carbonyl (C=O) groups is 1. The average molecular weight is 348 g/mol. The van der Waals surface area contributed by atoms with Gasteiger partial charge in [-0.3, -0.25) is 4.79 Å². The Morgan fingerprint density at radius 1 is 1.33 bits per heavy atom. The van der Waals surface area contributed by atoms with Gasteiger partial charge in [0, 0.05) is 25.7 Å². The number of anilines is 1. The topological polar surface area (TPSA) is 103 Å². The largest absolute Gasteiger partial charge is 0.362 e. The van der Waals surface area contributed by atoms with Crippen molar-refractivity contribution in [3.05, 3.63) is 24.3 Å². The predicted octanol–water partition coefficient (Wildman–Crippen LogP) is 1.99. The first-order valence-electron chi connectivity index (χ1n) is 7.53. The van der Waals surface area contributed by atoms with Crippen LogP contribution in [0.3, 0.4) is 0 Å². The highest BCUT2D eigenvalue weighted by Gasteiger charge is 2.27. The van der Waals surface area contributed by atoms with Crippen molar-refractivity contribution >= 4 is 27.5 Å². The van der Waals surface area contributed by atoms with Crippen LogP contribution in [0.5, 0.6) is 0 Å². The van der Waals surface area contributed by atoms with Crippen molar-refractivity contribution in [1.29, 1.82) is 5.26 Å². The van der Waals surface area contributed by atoms with Crippen LogP contribution in [0.15, 0.2) is 33.6 Å². The summed E-state index contributed by atoms with van der Waals surface area (Å²) in [6, 6.07) is 7.66. The van der Waals surface area contributed by atoms with Gasteiger partial charge in [-0.05, 0) is 44.5 Å². The van der Waals surface area contributed by atoms with Crippen molar-refractivity contribution in [2.75, 3.05) is 18.9 Å². The van der Waals surface area contributed by atoms with Crippen LogP contribution < -0.4 is 5.32 Å². The standard InChI is InChI=1S/C16H20N4O3S/c1-16(2,11-17)15(21)18-12-6-8-13(9-7-12)24(22,23)19-14-5-4-10-20(14)3/h6-9H,4-5,10H2,1-3H3,(H,18,21). The van der Waals surface area contributed by atoms with Crippen LogP contribution in [0.2, 0.25) is 0 Å². The Morgan fingerprint density at radius 3 is 2.46 bits per heavy atom. The Labute approximate surface area is 142 Å². The summed E-state index contributed by atoms with van der Waals surface area (Å²) in [4.78, 5) is 13.8. The first kappa shape index (κ1) is 17.9. The molecule has 0 aromatic heterocycles. The molecule has 0 saturated carbocycles. The molecular formula is C16H20N4O3S. The average Bonchev–Trinajstić information content (AvgIpc) is 2.92. The molecule has 128 valence electrons. The third kappa shape index (κ3) is 3.92. The lowest BCUT2D eigenvalue weighted by molar-refractivity contribution is -0.121. The van der Waals surface area contributed by atoms with Crippen molar-refractivity contribution in [2.24, 2.45) is 9.81 Å². The zero-order valence-electron chi connectivity index (χ0n) is 13.9. The number of rotatable bonds is 4. The maximum absolute atomic E-state index is 12.3. The molecule has 1 N–H and O–H groups in total. The lowest BCUT2D eigenvalue weighted by Gasteiger charge is -2.15. The van der Waals surface area contributed by atoms with E-state index < -0.39 is 21.3 Å². The lowest BCUT2D eigenvalue weighted by Crippen LogP contribution is -2.29. The number of amidine groups is 1. The van der Waals surface area contributed by atoms with Crippen molar-refractivity contribution in [3.63, 3.8) is 0 Å². The van der Waals surface area contributed by atoms with Crippen LogP contribution in [0, 0.1) is 16.7 Å². The normalized spacial score (nSPS) is 16.9. The SMILES string of the molecule is CN1CCCC1=NS(=O)(=O)c1ccc(NC(=O)C(C)(C)C#N)cc1. The number of nitrogens with zero attached hydrogens (tertiary/aromatic N) is 3. The van der Waals surface area contributed by atoms with E-state index in [0.717, 1.165) is 13.0 Å². The molecule has 0 aliphatic carbocycles. The monoisotopic (exact) mass is 348 g/mol. The minimum Gasteiger partial charge on any atom is -0.362 e. The molecule has 0 radical (unpaired) electrons. The second kappa shape index (κ2) is 6.61. The molecule has 1 heterocycles. The van der Waals surface area contributed by atoms with Crippen LogP contribution in [0.1, 0.15) is 26.7 Å². The summed E-state index contributed by atoms with van der Waals surface area (Å²) in [7, 11) is -1.96. The van der Waals surface area contributed by atoms with Crippen molar-refractivity contribution < 1.29 is 13.2 Å². The molecule has 8 heteroatoms. The van der Waals surface area contributed by atoms with Gasteiger partial charge in [-0.25, -0.2) is 0 Å². The van der Waals surface area contributed by atoms with Gasteiger partial charge in [0.2, 0.25) is 5.91 Å². The van der Waals surface area contributed by atoms with Crippen LogP contribution >= 0.6 is 0 Å². The van der Waals surface area contributed by atoms with Gasteiger partial charge in [0.15, 0.2) is 0 Å². The Kier molecular flexibility index (Phi) is 4.94. The fraction of sp³-hybridized carbons (Fsp3) is 0.438. The number of sulfonamides is 1. The maximum atomic E-state index is 12.3. The van der Waals surface area contributed by atoms with Crippen molar-refractivity contribution in [3.8, 4) is 6.07 Å². The van der Waals surface area contributed by atoms with Crippen LogP contribution in [0.25, 0.3) is 0 Å². The first-order chi connectivity index (χ1) is 11.2. The molecule has 0 bridgehead atoms. The Balaban J connectivity index is 2.18. The number of likely N-dealkylation sites (tertiary alicyclic amines) is 1. The molecule has 0 unspecified atom stereocenters. The quantitative estimate of drug-likeness (QED) is 0.896. The van der Waals surface area contributed by atoms with Gasteiger partial charge in [-0.1, -0.05) is 0 Å². The molecular weight excluding hydrogens is 328 g/mol. The van der Waals surface area contributed by atoms with E-state index in [9.17, 15) is 13.2 Å². The van der Waals surface area contributed by atoms with E-state index >= 15 is 0 Å². The summed E-state index contributed by atoms with van der Waals surface area (Å²) in [6.07, 6.45) is 1.54. The molecule has 1 aromatic rings. The number of benzene rings is 1. The summed E-state index contributed by atoms with van der Waals surface area (Å²) in [5.41, 5.74) is -0.739. The second-order valence-electron chi connectivity index (χ2n) is 6.22. The zero-order valence-corrected chi connectivity index (χ0v) is 14.7. The molecule has 1 fully saturated rings. The van der Waals surface area contributed by atoms with E-state index in [1.807, 2.05) is 18.0 Å². The summed E-state index contributed by atoms with van der Waals surface area (Å²) < 4.78 is 28.5. The van der Waals surface area contributed by atoms with E-state index in [0.29, 0.717) is 17.9 Å². The highest BCUT2D eigenvalue weighted by molar-refractivity contribution is 7.90. The van der Waals surface area contributed by atoms with E-state index in [-0.39, 0.29) is 4.90 Å². The van der Waals surface area contributed by atoms with Gasteiger partial charge in [0.1, 0.15) is 11.3 Å². The van der Waals surface area contributed by atoms with Gasteiger partial charge in [-0.15, -0.1) is 4.40 Å². The smallest absolute Gasteiger partial charge is 0.283 e. The number of hydrogen-bond donors (Lipinski definition) is 1. The van der Waals surface area contributed by atoms with Gasteiger partial charge < -0.3 is 10.2 Å². The first-order valence-corrected chi connectivity index (χ1v) is 8.97. The van der Waals surface area contributed by atoms with E-state index in [4.69, 9.17) is 5.26 Å². The predicted molar refractivity (Wildman–Crippen MR) is 91.0 cm³/mol. The van der Waals surface area contributed by atoms with Crippen LogP contribution in [-0.4, -0.2) is 38.7 Å². The lowest BCUT2D eigenvalue weighted by atomic mass is 9.95. The molecule has 1 amide bonds. The summed E-state index contributed by atoms with van der Waals surface area (Å²) >= 11 is 0. The number of nitrogens with one attached hydrogen (secondary N) is 1. The van der Waals surface area contributed by atoms with Gasteiger partial charge >= 0.3 is 0 Å². The molecule has 1 aliphatic heterocycles. The van der Waals surface area contributed by atoms with E-state index in [2.05, 4.69) is 9.71 Å². The summed E-state index contributed by atoms with van der Waals surface area (Å²) in [5, 5.41) is 11.5. The number of hydrogen-bond acceptors (Lipinski definition) is 4. The molecule has 7 nitrogen and oxygen atoms in total. The maximum Gasteiger partial charge on any atom is 0.283 e. The second-order valence-corrected chi connectivity index (χ2v) is 7.83. The molecule has 1 saturated heterocycles. The number of carbonyl (C=O) groups excluding carboxylic acids is 1. The number of nitriles is 1. The van der Waals surface area contributed by atoms with Gasteiger partial charge in [-0.2, -0.15) is 13.7 Å². The van der Waals surface area contributed by atoms with Gasteiger partial charge in [0.25, 0.3) is 10.0 Å². The summed E-state index contributed by atoms with van der Waals surface area (Å²) in [5.74, 6) is 0.108. The third-order valence-corrected chi connectivity index (χ3v) is 5.14. The molecule has 0 atom stereocenters. The van der Waals surface area contributed by atoms with Crippen LogP contribution in [-0.2, 0) is 14.8 Å². The highest BCUT2D eigenvalue weighted by atomic mass is 32.2. The third-order valence-electron chi connectivity index (χ3n) is 3.82. The number of amides is 1. The Hall–Kier alpha value is -2.40. The van der Waals surface area contributed by atoms with E-state index in [1.165, 1.54) is 38.1 Å². The van der Waals surface area contributed by atoms with Crippen molar-refractivity contribution in [2.45, 2.75) is 31.6 Å². The fourth-order valence-corrected chi connectivity index (χ4v) is 3.24. The summed E-state index contributed by atoms with van der Waals surface area (Å²) in [6.45, 7) is 3.82. The van der Waals surface area contributed by atoms with Crippen LogP contribution in [0.4, 0.5) is 5.69 Å². The molecule has 24 heavy (non-hydrogen) atoms. The molecule has 0 spiro atoms. The minimum atomic E-state index is -3.77. The van der Waals surface area contributed by atoms with E-state index in [1.54, 1.807) is 0 Å². The Bertz CT molecular complexity index is 805.